The van der Waals surface area contributed by atoms with Crippen molar-refractivity contribution in [2.75, 3.05) is 44.3 Å². The molecule has 0 atom stereocenters. The molecule has 1 N–H and O–H groups in total. The molecule has 2 aromatic rings. The van der Waals surface area contributed by atoms with Crippen LogP contribution >= 0.6 is 0 Å². The van der Waals surface area contributed by atoms with Gasteiger partial charge in [-0.2, -0.15) is 0 Å². The third kappa shape index (κ3) is 7.11. The first kappa shape index (κ1) is 27.1. The van der Waals surface area contributed by atoms with E-state index in [-0.39, 0.29) is 0 Å². The van der Waals surface area contributed by atoms with E-state index >= 15 is 0 Å². The number of ether oxygens (including phenoxy) is 1. The van der Waals surface area contributed by atoms with Gasteiger partial charge in [0.2, 0.25) is 0 Å². The minimum absolute atomic E-state index is 0.367. The molecule has 4 heterocycles. The maximum atomic E-state index is 10.4. The summed E-state index contributed by atoms with van der Waals surface area (Å²) in [5.74, 6) is 2.34. The molecule has 0 aliphatic carbocycles. The minimum atomic E-state index is -1.90. The molecule has 0 aromatic carbocycles. The number of furan rings is 1. The number of anilines is 1. The first-order valence-corrected chi connectivity index (χ1v) is 19.3. The molecule has 1 radical (unpaired) electrons. The van der Waals surface area contributed by atoms with Gasteiger partial charge in [0.15, 0.2) is 0 Å². The van der Waals surface area contributed by atoms with Crippen LogP contribution in [0.2, 0.25) is 8.87 Å². The van der Waals surface area contributed by atoms with Crippen LogP contribution in [0.25, 0.3) is 11.1 Å². The van der Waals surface area contributed by atoms with Gasteiger partial charge in [0.25, 0.3) is 0 Å². The Morgan fingerprint density at radius 1 is 1.03 bits per heavy atom. The van der Waals surface area contributed by atoms with Crippen molar-refractivity contribution in [1.82, 2.24) is 14.9 Å². The standard InChI is InChI=1S/C19H27N4O3.2C4H9.Sn/c1-19(2,24)14-3-5-22(6-4-14)12-15-11-16-17(26-15)18(21-13-20-16)23-7-9-25-10-8-23;2*1-3-4-2;/h11,14,24H,3-10,12H2,1-2H3;2*1,3-4H2,2H3;. The number of nitrogens with zero attached hydrogens (tertiary/aromatic N) is 4. The second-order valence-corrected chi connectivity index (χ2v) is 18.5. The van der Waals surface area contributed by atoms with E-state index in [0.717, 1.165) is 81.5 Å². The van der Waals surface area contributed by atoms with Crippen molar-refractivity contribution in [2.45, 2.75) is 87.2 Å². The predicted molar refractivity (Wildman–Crippen MR) is 144 cm³/mol. The SMILES string of the molecule is CCC[CH2][Sn]([CH2]CCC)[c]1nc(N2CCOCC2)c2oc(CN3CCC(C(C)(C)O)CC3)cc2n1. The van der Waals surface area contributed by atoms with E-state index in [1.165, 1.54) is 38.4 Å². The molecule has 2 saturated heterocycles. The normalized spacial score (nSPS) is 18.7. The Labute approximate surface area is 218 Å². The van der Waals surface area contributed by atoms with Gasteiger partial charge in [-0.05, 0) is 0 Å². The molecule has 2 aromatic heterocycles. The number of likely N-dealkylation sites (tertiary alicyclic amines) is 1. The van der Waals surface area contributed by atoms with Gasteiger partial charge in [-0.25, -0.2) is 0 Å². The average Bonchev–Trinajstić information content (AvgIpc) is 3.26. The van der Waals surface area contributed by atoms with Gasteiger partial charge >= 0.3 is 219 Å². The summed E-state index contributed by atoms with van der Waals surface area (Å²) in [4.78, 5) is 15.2. The van der Waals surface area contributed by atoms with E-state index < -0.39 is 25.4 Å². The Morgan fingerprint density at radius 2 is 1.69 bits per heavy atom. The fourth-order valence-corrected chi connectivity index (χ4v) is 13.3. The van der Waals surface area contributed by atoms with Crippen LogP contribution in [0.4, 0.5) is 5.82 Å². The topological polar surface area (TPSA) is 74.9 Å². The van der Waals surface area contributed by atoms with Gasteiger partial charge in [-0.1, -0.05) is 0 Å². The molecule has 0 saturated carbocycles. The molecule has 4 rings (SSSR count). The molecule has 8 heteroatoms. The fourth-order valence-electron chi connectivity index (χ4n) is 5.34. The van der Waals surface area contributed by atoms with Crippen LogP contribution in [-0.4, -0.2) is 84.7 Å². The number of fused-ring (bicyclic) bond motifs is 1. The second-order valence-electron chi connectivity index (χ2n) is 10.9. The zero-order chi connectivity index (χ0) is 24.8. The van der Waals surface area contributed by atoms with Crippen molar-refractivity contribution in [1.29, 1.82) is 0 Å². The van der Waals surface area contributed by atoms with E-state index in [9.17, 15) is 5.11 Å². The third-order valence-corrected chi connectivity index (χ3v) is 15.6. The number of hydrogen-bond acceptors (Lipinski definition) is 7. The molecule has 195 valence electrons. The molecule has 35 heavy (non-hydrogen) atoms. The molecule has 0 spiro atoms. The van der Waals surface area contributed by atoms with E-state index in [1.807, 2.05) is 13.8 Å². The van der Waals surface area contributed by atoms with E-state index in [4.69, 9.17) is 19.1 Å². The molecule has 7 nitrogen and oxygen atoms in total. The molecular formula is C27H45N4O3Sn. The van der Waals surface area contributed by atoms with Gasteiger partial charge < -0.3 is 0 Å². The number of rotatable bonds is 11. The first-order chi connectivity index (χ1) is 16.9. The quantitative estimate of drug-likeness (QED) is 0.390. The fraction of sp³-hybridized carbons (Fsp3) is 0.778. The van der Waals surface area contributed by atoms with Crippen LogP contribution in [0, 0.1) is 5.92 Å². The van der Waals surface area contributed by atoms with Crippen LogP contribution in [0.15, 0.2) is 10.5 Å². The Bertz CT molecular complexity index is 922. The Balaban J connectivity index is 1.59. The summed E-state index contributed by atoms with van der Waals surface area (Å²) in [6.07, 6.45) is 7.13. The van der Waals surface area contributed by atoms with Gasteiger partial charge in [-0.3, -0.25) is 0 Å². The van der Waals surface area contributed by atoms with Crippen LogP contribution in [0.5, 0.6) is 0 Å². The zero-order valence-electron chi connectivity index (χ0n) is 22.3. The maximum absolute atomic E-state index is 10.4. The predicted octanol–water partition coefficient (Wildman–Crippen LogP) is 4.34. The average molecular weight is 592 g/mol. The Kier molecular flexibility index (Phi) is 9.74. The summed E-state index contributed by atoms with van der Waals surface area (Å²) >= 11 is -1.90. The monoisotopic (exact) mass is 593 g/mol. The zero-order valence-corrected chi connectivity index (χ0v) is 25.2. The van der Waals surface area contributed by atoms with Crippen molar-refractivity contribution in [3.05, 3.63) is 11.8 Å². The van der Waals surface area contributed by atoms with Crippen LogP contribution in [-0.2, 0) is 11.3 Å². The molecule has 2 aliphatic heterocycles. The number of aromatic nitrogens is 2. The van der Waals surface area contributed by atoms with Crippen molar-refractivity contribution in [3.8, 4) is 0 Å². The van der Waals surface area contributed by atoms with Crippen LogP contribution < -0.4 is 8.74 Å². The van der Waals surface area contributed by atoms with Gasteiger partial charge in [0.1, 0.15) is 0 Å². The molecule has 0 amide bonds. The van der Waals surface area contributed by atoms with Crippen molar-refractivity contribution in [3.63, 3.8) is 0 Å². The molecule has 2 fully saturated rings. The first-order valence-electron chi connectivity index (χ1n) is 13.8. The number of aliphatic hydroxyl groups is 1. The van der Waals surface area contributed by atoms with Crippen LogP contribution in [0.3, 0.4) is 0 Å². The molecule has 0 unspecified atom stereocenters. The Hall–Kier alpha value is -0.901. The van der Waals surface area contributed by atoms with Crippen molar-refractivity contribution >= 4 is 40.5 Å². The molecule has 2 aliphatic rings. The number of morpholine rings is 1. The van der Waals surface area contributed by atoms with Crippen molar-refractivity contribution < 1.29 is 14.3 Å². The summed E-state index contributed by atoms with van der Waals surface area (Å²) in [5, 5.41) is 10.4. The number of hydrogen-bond donors (Lipinski definition) is 1. The number of piperidine rings is 1. The second kappa shape index (κ2) is 12.6. The van der Waals surface area contributed by atoms with Crippen LogP contribution in [0.1, 0.15) is 72.0 Å². The van der Waals surface area contributed by atoms with E-state index in [0.29, 0.717) is 5.92 Å². The summed E-state index contributed by atoms with van der Waals surface area (Å²) in [7, 11) is 0. The summed E-state index contributed by atoms with van der Waals surface area (Å²) in [6, 6.07) is 2.17. The van der Waals surface area contributed by atoms with Gasteiger partial charge in [0, 0.05) is 0 Å². The number of unbranched alkanes of at least 4 members (excludes halogenated alkanes) is 2. The summed E-state index contributed by atoms with van der Waals surface area (Å²) in [6.45, 7) is 14.4. The van der Waals surface area contributed by atoms with E-state index in [2.05, 4.69) is 29.7 Å². The van der Waals surface area contributed by atoms with Gasteiger partial charge in [0.05, 0.1) is 0 Å². The Morgan fingerprint density at radius 3 is 2.29 bits per heavy atom. The van der Waals surface area contributed by atoms with Gasteiger partial charge in [-0.15, -0.1) is 0 Å². The van der Waals surface area contributed by atoms with Crippen molar-refractivity contribution in [2.24, 2.45) is 5.92 Å². The summed E-state index contributed by atoms with van der Waals surface area (Å²) < 4.78 is 16.0. The summed E-state index contributed by atoms with van der Waals surface area (Å²) in [5.41, 5.74) is 1.25. The molecule has 0 bridgehead atoms. The molecular weight excluding hydrogens is 547 g/mol. The third-order valence-electron chi connectivity index (χ3n) is 7.66. The van der Waals surface area contributed by atoms with E-state index in [1.54, 1.807) is 0 Å².